The summed E-state index contributed by atoms with van der Waals surface area (Å²) in [6.45, 7) is 9.77. The van der Waals surface area contributed by atoms with E-state index in [1.165, 1.54) is 11.3 Å². The molecule has 0 saturated heterocycles. The summed E-state index contributed by atoms with van der Waals surface area (Å²) in [5.74, 6) is 0.834. The Hall–Kier alpha value is -2.01. The molecule has 0 aliphatic carbocycles. The van der Waals surface area contributed by atoms with E-state index in [1.54, 1.807) is 0 Å². The second-order valence-corrected chi connectivity index (χ2v) is 5.37. The lowest BCUT2D eigenvalue weighted by atomic mass is 10.2. The number of hydrogen-bond acceptors (Lipinski definition) is 3. The normalized spacial score (nSPS) is 14.3. The molecule has 126 valence electrons. The average molecular weight is 316 g/mol. The summed E-state index contributed by atoms with van der Waals surface area (Å²) in [5.41, 5.74) is 2.48. The summed E-state index contributed by atoms with van der Waals surface area (Å²) in [5, 5.41) is 6.55. The third-order valence-corrected chi connectivity index (χ3v) is 3.60. The van der Waals surface area contributed by atoms with Gasteiger partial charge in [-0.1, -0.05) is 24.3 Å². The van der Waals surface area contributed by atoms with Crippen LogP contribution in [0.4, 0.5) is 5.69 Å². The van der Waals surface area contributed by atoms with E-state index in [-0.39, 0.29) is 0 Å². The predicted octanol–water partition coefficient (Wildman–Crippen LogP) is 2.15. The number of aliphatic imine (C=N–C) groups is 1. The summed E-state index contributed by atoms with van der Waals surface area (Å²) < 4.78 is 5.34. The quantitative estimate of drug-likeness (QED) is 0.334. The molecule has 2 rings (SSSR count). The van der Waals surface area contributed by atoms with Gasteiger partial charge in [0.05, 0.1) is 13.2 Å². The minimum Gasteiger partial charge on any atom is -0.380 e. The van der Waals surface area contributed by atoms with Crippen molar-refractivity contribution < 1.29 is 4.74 Å². The van der Waals surface area contributed by atoms with Crippen molar-refractivity contribution >= 4 is 11.6 Å². The van der Waals surface area contributed by atoms with Gasteiger partial charge in [0.2, 0.25) is 0 Å². The van der Waals surface area contributed by atoms with Crippen molar-refractivity contribution in [1.29, 1.82) is 0 Å². The van der Waals surface area contributed by atoms with Gasteiger partial charge in [0.15, 0.2) is 5.96 Å². The second-order valence-electron chi connectivity index (χ2n) is 5.37. The van der Waals surface area contributed by atoms with Crippen molar-refractivity contribution in [3.05, 3.63) is 42.0 Å². The molecule has 5 heteroatoms. The van der Waals surface area contributed by atoms with Crippen LogP contribution in [0.25, 0.3) is 0 Å². The maximum Gasteiger partial charge on any atom is 0.191 e. The van der Waals surface area contributed by atoms with E-state index in [9.17, 15) is 0 Å². The van der Waals surface area contributed by atoms with Gasteiger partial charge in [-0.25, -0.2) is 4.99 Å². The highest BCUT2D eigenvalue weighted by molar-refractivity contribution is 5.79. The molecule has 1 aromatic rings. The minimum atomic E-state index is 0.666. The van der Waals surface area contributed by atoms with Crippen LogP contribution >= 0.6 is 0 Å². The average Bonchev–Trinajstić information content (AvgIpc) is 3.11. The van der Waals surface area contributed by atoms with Crippen LogP contribution in [0.5, 0.6) is 0 Å². The van der Waals surface area contributed by atoms with E-state index in [1.807, 2.05) is 6.92 Å². The highest BCUT2D eigenvalue weighted by Crippen LogP contribution is 2.18. The maximum atomic E-state index is 5.34. The number of nitrogens with zero attached hydrogens (tertiary/aromatic N) is 2. The van der Waals surface area contributed by atoms with Crippen LogP contribution in [0.15, 0.2) is 41.4 Å². The Labute approximate surface area is 139 Å². The van der Waals surface area contributed by atoms with E-state index in [2.05, 4.69) is 63.9 Å². The Kier molecular flexibility index (Phi) is 7.46. The molecule has 0 bridgehead atoms. The Morgan fingerprint density at radius 1 is 1.22 bits per heavy atom. The lowest BCUT2D eigenvalue weighted by Crippen LogP contribution is -2.39. The van der Waals surface area contributed by atoms with E-state index in [0.717, 1.165) is 38.7 Å². The zero-order chi connectivity index (χ0) is 16.3. The molecule has 0 fully saturated rings. The highest BCUT2D eigenvalue weighted by Gasteiger charge is 2.07. The molecule has 1 aromatic carbocycles. The molecule has 0 radical (unpaired) electrons. The van der Waals surface area contributed by atoms with Gasteiger partial charge >= 0.3 is 0 Å². The molecule has 0 saturated carbocycles. The van der Waals surface area contributed by atoms with Crippen LogP contribution in [0, 0.1) is 0 Å². The molecule has 5 nitrogen and oxygen atoms in total. The maximum absolute atomic E-state index is 5.34. The largest absolute Gasteiger partial charge is 0.380 e. The third kappa shape index (κ3) is 5.94. The molecular weight excluding hydrogens is 288 g/mol. The van der Waals surface area contributed by atoms with Gasteiger partial charge in [-0.05, 0) is 31.5 Å². The van der Waals surface area contributed by atoms with Crippen molar-refractivity contribution in [3.8, 4) is 0 Å². The SMILES string of the molecule is CCNC(=NCc1cccc(N2CC=CC2)c1)NCCOCC. The third-order valence-electron chi connectivity index (χ3n) is 3.60. The van der Waals surface area contributed by atoms with Crippen molar-refractivity contribution in [2.75, 3.05) is 44.3 Å². The summed E-state index contributed by atoms with van der Waals surface area (Å²) >= 11 is 0. The standard InChI is InChI=1S/C18H28N4O/c1-3-19-18(20-10-13-23-4-2)21-15-16-8-7-9-17(14-16)22-11-5-6-12-22/h5-9,14H,3-4,10-13,15H2,1-2H3,(H2,19,20,21). The van der Waals surface area contributed by atoms with Crippen LogP contribution in [0.3, 0.4) is 0 Å². The zero-order valence-corrected chi connectivity index (χ0v) is 14.2. The van der Waals surface area contributed by atoms with Gasteiger partial charge in [-0.3, -0.25) is 0 Å². The van der Waals surface area contributed by atoms with Crippen LogP contribution in [0.1, 0.15) is 19.4 Å². The van der Waals surface area contributed by atoms with Gasteiger partial charge in [-0.2, -0.15) is 0 Å². The summed E-state index contributed by atoms with van der Waals surface area (Å²) in [4.78, 5) is 7.00. The molecular formula is C18H28N4O. The molecule has 2 N–H and O–H groups in total. The number of benzene rings is 1. The zero-order valence-electron chi connectivity index (χ0n) is 14.2. The summed E-state index contributed by atoms with van der Waals surface area (Å²) in [6, 6.07) is 8.61. The van der Waals surface area contributed by atoms with Gasteiger partial charge in [0, 0.05) is 38.5 Å². The topological polar surface area (TPSA) is 48.9 Å². The summed E-state index contributed by atoms with van der Waals surface area (Å²) in [7, 11) is 0. The highest BCUT2D eigenvalue weighted by atomic mass is 16.5. The van der Waals surface area contributed by atoms with Crippen LogP contribution in [0.2, 0.25) is 0 Å². The van der Waals surface area contributed by atoms with Gasteiger partial charge in [0.1, 0.15) is 0 Å². The lowest BCUT2D eigenvalue weighted by Gasteiger charge is -2.18. The fourth-order valence-electron chi connectivity index (χ4n) is 2.44. The van der Waals surface area contributed by atoms with Gasteiger partial charge in [-0.15, -0.1) is 0 Å². The Bertz CT molecular complexity index is 520. The van der Waals surface area contributed by atoms with Crippen LogP contribution in [-0.4, -0.2) is 45.4 Å². The molecule has 0 aromatic heterocycles. The molecule has 1 aliphatic heterocycles. The predicted molar refractivity (Wildman–Crippen MR) is 97.1 cm³/mol. The molecule has 0 unspecified atom stereocenters. The molecule has 23 heavy (non-hydrogen) atoms. The van der Waals surface area contributed by atoms with Crippen molar-refractivity contribution in [2.24, 2.45) is 4.99 Å². The molecule has 0 amide bonds. The smallest absolute Gasteiger partial charge is 0.191 e. The van der Waals surface area contributed by atoms with Crippen LogP contribution < -0.4 is 15.5 Å². The molecule has 1 aliphatic rings. The monoisotopic (exact) mass is 316 g/mol. The van der Waals surface area contributed by atoms with Crippen molar-refractivity contribution in [2.45, 2.75) is 20.4 Å². The van der Waals surface area contributed by atoms with Crippen molar-refractivity contribution in [3.63, 3.8) is 0 Å². The molecule has 1 heterocycles. The number of ether oxygens (including phenoxy) is 1. The van der Waals surface area contributed by atoms with Crippen LogP contribution in [-0.2, 0) is 11.3 Å². The fraction of sp³-hybridized carbons (Fsp3) is 0.500. The molecule has 0 spiro atoms. The Balaban J connectivity index is 1.91. The molecule has 0 atom stereocenters. The van der Waals surface area contributed by atoms with E-state index in [4.69, 9.17) is 4.74 Å². The van der Waals surface area contributed by atoms with Gasteiger partial charge in [0.25, 0.3) is 0 Å². The van der Waals surface area contributed by atoms with E-state index in [0.29, 0.717) is 13.2 Å². The minimum absolute atomic E-state index is 0.666. The number of anilines is 1. The first-order chi connectivity index (χ1) is 11.3. The van der Waals surface area contributed by atoms with E-state index < -0.39 is 0 Å². The first-order valence-corrected chi connectivity index (χ1v) is 8.42. The fourth-order valence-corrected chi connectivity index (χ4v) is 2.44. The lowest BCUT2D eigenvalue weighted by molar-refractivity contribution is 0.152. The second kappa shape index (κ2) is 9.90. The Morgan fingerprint density at radius 3 is 2.78 bits per heavy atom. The first kappa shape index (κ1) is 17.3. The Morgan fingerprint density at radius 2 is 2.04 bits per heavy atom. The number of guanidine groups is 1. The van der Waals surface area contributed by atoms with Gasteiger partial charge < -0.3 is 20.3 Å². The summed E-state index contributed by atoms with van der Waals surface area (Å²) in [6.07, 6.45) is 4.41. The number of nitrogens with one attached hydrogen (secondary N) is 2. The number of hydrogen-bond donors (Lipinski definition) is 2. The van der Waals surface area contributed by atoms with Crippen molar-refractivity contribution in [1.82, 2.24) is 10.6 Å². The number of rotatable bonds is 8. The first-order valence-electron chi connectivity index (χ1n) is 8.42. The van der Waals surface area contributed by atoms with E-state index >= 15 is 0 Å².